The van der Waals surface area contributed by atoms with Gasteiger partial charge in [-0.3, -0.25) is 0 Å². The molecule has 0 atom stereocenters. The van der Waals surface area contributed by atoms with Crippen molar-refractivity contribution in [2.75, 3.05) is 33.9 Å². The lowest BCUT2D eigenvalue weighted by Gasteiger charge is -2.18. The highest BCUT2D eigenvalue weighted by atomic mass is 35.6. The topological polar surface area (TPSA) is 39.7 Å². The van der Waals surface area contributed by atoms with Gasteiger partial charge in [-0.15, -0.1) is 0 Å². The van der Waals surface area contributed by atoms with Crippen LogP contribution in [0.4, 0.5) is 0 Å². The third-order valence-corrected chi connectivity index (χ3v) is 8.49. The van der Waals surface area contributed by atoms with E-state index < -0.39 is 8.11 Å². The molecule has 0 radical (unpaired) electrons. The van der Waals surface area contributed by atoms with Crippen LogP contribution >= 0.6 is 11.1 Å². The summed E-state index contributed by atoms with van der Waals surface area (Å²) in [6.45, 7) is 5.05. The molecule has 0 saturated heterocycles. The third kappa shape index (κ3) is 21.6. The van der Waals surface area contributed by atoms with Gasteiger partial charge in [-0.25, -0.2) is 0 Å². The van der Waals surface area contributed by atoms with Gasteiger partial charge in [-0.05, 0) is 32.4 Å². The summed E-state index contributed by atoms with van der Waals surface area (Å²) < 4.78 is 15.7. The second-order valence-electron chi connectivity index (χ2n) is 8.50. The molecule has 0 spiro atoms. The Labute approximate surface area is 194 Å². The highest BCUT2D eigenvalue weighted by Gasteiger charge is 2.36. The normalized spacial score (nSPS) is 12.0. The summed E-state index contributed by atoms with van der Waals surface area (Å²) >= 11 is 6.06. The van der Waals surface area contributed by atoms with Crippen LogP contribution in [-0.4, -0.2) is 42.0 Å². The summed E-state index contributed by atoms with van der Waals surface area (Å²) in [5.74, 6) is 0. The van der Waals surface area contributed by atoms with Gasteiger partial charge in [0.1, 0.15) is 0 Å². The van der Waals surface area contributed by atoms with E-state index >= 15 is 0 Å². The summed E-state index contributed by atoms with van der Waals surface area (Å²) in [6, 6.07) is 0. The molecule has 0 aromatic rings. The number of nitrogens with one attached hydrogen (secondary N) is 1. The molecule has 0 bridgehead atoms. The van der Waals surface area contributed by atoms with Crippen LogP contribution in [0.25, 0.3) is 0 Å². The zero-order valence-corrected chi connectivity index (χ0v) is 22.2. The molecule has 0 aromatic carbocycles. The zero-order chi connectivity index (χ0) is 22.2. The minimum Gasteiger partial charge on any atom is -0.365 e. The van der Waals surface area contributed by atoms with E-state index in [4.69, 9.17) is 24.4 Å². The fourth-order valence-corrected chi connectivity index (χ4v) is 4.69. The highest BCUT2D eigenvalue weighted by Crippen LogP contribution is 2.14. The van der Waals surface area contributed by atoms with E-state index in [1.165, 1.54) is 117 Å². The first-order valence-electron chi connectivity index (χ1n) is 12.8. The number of halogens is 1. The Morgan fingerprint density at radius 2 is 0.933 bits per heavy atom. The van der Waals surface area contributed by atoms with Crippen molar-refractivity contribution in [3.63, 3.8) is 0 Å². The Bertz CT molecular complexity index is 334. The van der Waals surface area contributed by atoms with Crippen molar-refractivity contribution < 1.29 is 13.3 Å². The van der Waals surface area contributed by atoms with E-state index in [9.17, 15) is 0 Å². The van der Waals surface area contributed by atoms with Crippen molar-refractivity contribution in [1.29, 1.82) is 0 Å². The van der Waals surface area contributed by atoms with Crippen molar-refractivity contribution in [3.05, 3.63) is 0 Å². The zero-order valence-electron chi connectivity index (χ0n) is 20.5. The number of unbranched alkanes of at least 4 members (excludes halogenated alkanes) is 16. The average molecular weight is 466 g/mol. The molecule has 0 fully saturated rings. The molecule has 0 saturated carbocycles. The van der Waals surface area contributed by atoms with E-state index in [1.54, 1.807) is 0 Å². The minimum absolute atomic E-state index is 0.595. The summed E-state index contributed by atoms with van der Waals surface area (Å²) in [4.78, 5) is 0. The first kappa shape index (κ1) is 30.3. The van der Waals surface area contributed by atoms with Crippen LogP contribution in [0.1, 0.15) is 122 Å². The standard InChI is InChI=1S/C24H52ClNO3Si/c1-4-5-6-7-8-9-10-11-12-13-14-15-16-17-18-19-22-26-23-20-21-24-29-30(25,27-2)28-3/h26H,4-24H2,1-3H3. The summed E-state index contributed by atoms with van der Waals surface area (Å²) in [7, 11) is 0.198. The summed E-state index contributed by atoms with van der Waals surface area (Å²) in [5, 5.41) is 3.52. The highest BCUT2D eigenvalue weighted by molar-refractivity contribution is 7.09. The molecule has 0 unspecified atom stereocenters. The maximum Gasteiger partial charge on any atom is 0.612 e. The Hall–Kier alpha value is 0.347. The fourth-order valence-electron chi connectivity index (χ4n) is 3.67. The fraction of sp³-hybridized carbons (Fsp3) is 1.00. The number of hydrogen-bond acceptors (Lipinski definition) is 4. The van der Waals surface area contributed by atoms with Crippen molar-refractivity contribution >= 4 is 19.2 Å². The molecular weight excluding hydrogens is 414 g/mol. The van der Waals surface area contributed by atoms with Crippen molar-refractivity contribution in [3.8, 4) is 0 Å². The van der Waals surface area contributed by atoms with Crippen LogP contribution < -0.4 is 5.32 Å². The van der Waals surface area contributed by atoms with Gasteiger partial charge in [0.25, 0.3) is 0 Å². The monoisotopic (exact) mass is 465 g/mol. The predicted molar refractivity (Wildman–Crippen MR) is 133 cm³/mol. The van der Waals surface area contributed by atoms with Gasteiger partial charge in [0.15, 0.2) is 0 Å². The Morgan fingerprint density at radius 3 is 1.33 bits per heavy atom. The molecule has 4 nitrogen and oxygen atoms in total. The maximum absolute atomic E-state index is 6.06. The molecule has 1 N–H and O–H groups in total. The lowest BCUT2D eigenvalue weighted by Crippen LogP contribution is -2.38. The Morgan fingerprint density at radius 1 is 0.567 bits per heavy atom. The van der Waals surface area contributed by atoms with E-state index in [-0.39, 0.29) is 0 Å². The first-order chi connectivity index (χ1) is 14.7. The van der Waals surface area contributed by atoms with Gasteiger partial charge in [-0.2, -0.15) is 0 Å². The SMILES string of the molecule is CCCCCCCCCCCCCCCCCCNCCCCO[Si](Cl)(OC)OC. The smallest absolute Gasteiger partial charge is 0.365 e. The van der Waals surface area contributed by atoms with Gasteiger partial charge >= 0.3 is 8.11 Å². The van der Waals surface area contributed by atoms with E-state index in [1.807, 2.05) is 0 Å². The van der Waals surface area contributed by atoms with Crippen LogP contribution in [-0.2, 0) is 13.3 Å². The molecular formula is C24H52ClNO3Si. The summed E-state index contributed by atoms with van der Waals surface area (Å²) in [5.41, 5.74) is 0. The van der Waals surface area contributed by atoms with Gasteiger partial charge < -0.3 is 18.6 Å². The largest absolute Gasteiger partial charge is 0.612 e. The minimum atomic E-state index is -2.86. The second-order valence-corrected chi connectivity index (χ2v) is 12.0. The lowest BCUT2D eigenvalue weighted by molar-refractivity contribution is 0.120. The predicted octanol–water partition coefficient (Wildman–Crippen LogP) is 7.60. The second kappa shape index (κ2) is 24.0. The Kier molecular flexibility index (Phi) is 24.3. The van der Waals surface area contributed by atoms with Crippen molar-refractivity contribution in [2.24, 2.45) is 0 Å². The molecule has 0 aliphatic rings. The van der Waals surface area contributed by atoms with Gasteiger partial charge in [0.05, 0.1) is 0 Å². The molecule has 182 valence electrons. The molecule has 6 heteroatoms. The average Bonchev–Trinajstić information content (AvgIpc) is 2.77. The molecule has 0 rings (SSSR count). The molecule has 0 heterocycles. The first-order valence-corrected chi connectivity index (χ1v) is 15.6. The van der Waals surface area contributed by atoms with Crippen LogP contribution in [0.5, 0.6) is 0 Å². The molecule has 0 aromatic heterocycles. The van der Waals surface area contributed by atoms with E-state index in [0.717, 1.165) is 25.9 Å². The molecule has 30 heavy (non-hydrogen) atoms. The summed E-state index contributed by atoms with van der Waals surface area (Å²) in [6.07, 6.45) is 24.8. The van der Waals surface area contributed by atoms with Crippen molar-refractivity contribution in [1.82, 2.24) is 5.32 Å². The van der Waals surface area contributed by atoms with Gasteiger partial charge in [0.2, 0.25) is 0 Å². The number of hydrogen-bond donors (Lipinski definition) is 1. The number of rotatable bonds is 25. The lowest BCUT2D eigenvalue weighted by atomic mass is 10.0. The maximum atomic E-state index is 6.06. The quantitative estimate of drug-likeness (QED) is 0.0855. The third-order valence-electron chi connectivity index (χ3n) is 5.72. The van der Waals surface area contributed by atoms with Gasteiger partial charge in [0, 0.05) is 20.8 Å². The van der Waals surface area contributed by atoms with Crippen molar-refractivity contribution in [2.45, 2.75) is 122 Å². The molecule has 0 amide bonds. The van der Waals surface area contributed by atoms with Crippen LogP contribution in [0, 0.1) is 0 Å². The van der Waals surface area contributed by atoms with Crippen LogP contribution in [0.3, 0.4) is 0 Å². The molecule has 0 aliphatic heterocycles. The van der Waals surface area contributed by atoms with Gasteiger partial charge in [-0.1, -0.05) is 114 Å². The molecule has 0 aliphatic carbocycles. The Balaban J connectivity index is 3.10. The van der Waals surface area contributed by atoms with Crippen LogP contribution in [0.15, 0.2) is 0 Å². The van der Waals surface area contributed by atoms with E-state index in [0.29, 0.717) is 6.61 Å². The van der Waals surface area contributed by atoms with E-state index in [2.05, 4.69) is 12.2 Å². The van der Waals surface area contributed by atoms with Crippen LogP contribution in [0.2, 0.25) is 0 Å².